The number of rotatable bonds is 6. The molecule has 0 aromatic carbocycles. The summed E-state index contributed by atoms with van der Waals surface area (Å²) in [7, 11) is 1.71. The third kappa shape index (κ3) is 3.20. The molecular formula is C26H38O6. The predicted octanol–water partition coefficient (Wildman–Crippen LogP) is 3.70. The first-order valence-corrected chi connectivity index (χ1v) is 12.2. The van der Waals surface area contributed by atoms with Crippen LogP contribution in [0.25, 0.3) is 0 Å². The number of hydrogen-bond donors (Lipinski definition) is 2. The van der Waals surface area contributed by atoms with Gasteiger partial charge in [0.1, 0.15) is 6.61 Å². The molecule has 1 unspecified atom stereocenters. The Labute approximate surface area is 191 Å². The van der Waals surface area contributed by atoms with Crippen molar-refractivity contribution < 1.29 is 29.3 Å². The van der Waals surface area contributed by atoms with Crippen LogP contribution in [0.5, 0.6) is 0 Å². The highest BCUT2D eigenvalue weighted by atomic mass is 16.6. The molecule has 7 atom stereocenters. The van der Waals surface area contributed by atoms with Crippen LogP contribution in [0.3, 0.4) is 0 Å². The molecule has 0 amide bonds. The lowest BCUT2D eigenvalue weighted by Crippen LogP contribution is -2.62. The molecule has 2 saturated carbocycles. The second-order valence-electron chi connectivity index (χ2n) is 10.8. The summed E-state index contributed by atoms with van der Waals surface area (Å²) < 4.78 is 11.5. The largest absolute Gasteiger partial charge is 0.501 e. The van der Waals surface area contributed by atoms with Gasteiger partial charge >= 0.3 is 5.97 Å². The molecule has 4 aliphatic rings. The van der Waals surface area contributed by atoms with E-state index in [9.17, 15) is 19.8 Å². The van der Waals surface area contributed by atoms with Crippen molar-refractivity contribution in [2.45, 2.75) is 83.8 Å². The van der Waals surface area contributed by atoms with Crippen molar-refractivity contribution >= 4 is 11.8 Å². The van der Waals surface area contributed by atoms with Crippen molar-refractivity contribution in [2.24, 2.45) is 28.6 Å². The lowest BCUT2D eigenvalue weighted by atomic mass is 9.46. The fraction of sp³-hybridized carbons (Fsp3) is 0.769. The topological polar surface area (TPSA) is 93.1 Å². The molecule has 4 rings (SSSR count). The SMILES string of the molecule is CCCC(=O)O[C@@]1(C(=O)CO)CC[C@H]2[C@@H]3CC=C4C=C(OC)CC[C@@]4(C)C3[C@@H](O)C[C@@]21C. The number of ketones is 1. The third-order valence-electron chi connectivity index (χ3n) is 9.38. The molecule has 2 N–H and O–H groups in total. The molecule has 0 heterocycles. The molecule has 0 radical (unpaired) electrons. The highest BCUT2D eigenvalue weighted by Gasteiger charge is 2.70. The standard InChI is InChI=1S/C26H38O6/c1-5-6-22(30)32-26(21(29)15-27)12-10-19-18-8-7-16-13-17(31-4)9-11-24(16,2)23(18)20(28)14-25(19,26)3/h7,13,18-20,23,27-28H,5-6,8-12,14-15H2,1-4H3/t18-,19-,20-,23?,24+,25-,26+/m0/s1. The average molecular weight is 447 g/mol. The maximum atomic E-state index is 13.1. The van der Waals surface area contributed by atoms with E-state index in [1.807, 2.05) is 13.8 Å². The van der Waals surface area contributed by atoms with Gasteiger partial charge in [-0.2, -0.15) is 0 Å². The lowest BCUT2D eigenvalue weighted by Gasteiger charge is -2.59. The van der Waals surface area contributed by atoms with E-state index in [2.05, 4.69) is 19.1 Å². The molecule has 0 aromatic rings. The molecule has 2 fully saturated rings. The van der Waals surface area contributed by atoms with E-state index in [4.69, 9.17) is 9.47 Å². The van der Waals surface area contributed by atoms with E-state index in [1.165, 1.54) is 5.57 Å². The van der Waals surface area contributed by atoms with Crippen LogP contribution in [0.4, 0.5) is 0 Å². The van der Waals surface area contributed by atoms with Crippen LogP contribution < -0.4 is 0 Å². The second-order valence-corrected chi connectivity index (χ2v) is 10.8. The fourth-order valence-electron chi connectivity index (χ4n) is 7.84. The summed E-state index contributed by atoms with van der Waals surface area (Å²) in [6.07, 6.45) is 8.87. The first-order valence-electron chi connectivity index (χ1n) is 12.2. The van der Waals surface area contributed by atoms with Gasteiger partial charge in [0.05, 0.1) is 19.0 Å². The monoisotopic (exact) mass is 446 g/mol. The number of aliphatic hydroxyl groups excluding tert-OH is 2. The van der Waals surface area contributed by atoms with Gasteiger partial charge in [-0.1, -0.05) is 26.8 Å². The molecule has 6 heteroatoms. The summed E-state index contributed by atoms with van der Waals surface area (Å²) in [5.74, 6) is 0.591. The van der Waals surface area contributed by atoms with Crippen molar-refractivity contribution in [3.8, 4) is 0 Å². The second kappa shape index (κ2) is 8.28. The van der Waals surface area contributed by atoms with Gasteiger partial charge in [-0.05, 0) is 73.3 Å². The summed E-state index contributed by atoms with van der Waals surface area (Å²) in [6, 6.07) is 0. The Morgan fingerprint density at radius 1 is 1.25 bits per heavy atom. The summed E-state index contributed by atoms with van der Waals surface area (Å²) >= 11 is 0. The number of carbonyl (C=O) groups is 2. The number of allylic oxidation sites excluding steroid dienone is 4. The number of esters is 1. The van der Waals surface area contributed by atoms with Crippen LogP contribution in [0.1, 0.15) is 72.1 Å². The van der Waals surface area contributed by atoms with Gasteiger partial charge in [-0.25, -0.2) is 0 Å². The fourth-order valence-corrected chi connectivity index (χ4v) is 7.84. The first-order chi connectivity index (χ1) is 15.2. The van der Waals surface area contributed by atoms with Gasteiger partial charge in [0, 0.05) is 18.3 Å². The van der Waals surface area contributed by atoms with E-state index in [0.717, 1.165) is 31.4 Å². The van der Waals surface area contributed by atoms with Gasteiger partial charge in [-0.3, -0.25) is 9.59 Å². The molecule has 32 heavy (non-hydrogen) atoms. The quantitative estimate of drug-likeness (QED) is 0.605. The Balaban J connectivity index is 1.73. The zero-order chi connectivity index (χ0) is 23.3. The van der Waals surface area contributed by atoms with Crippen LogP contribution in [0, 0.1) is 28.6 Å². The van der Waals surface area contributed by atoms with Crippen LogP contribution >= 0.6 is 0 Å². The number of carbonyl (C=O) groups excluding carboxylic acids is 2. The predicted molar refractivity (Wildman–Crippen MR) is 119 cm³/mol. The number of ether oxygens (including phenoxy) is 2. The molecule has 0 bridgehead atoms. The van der Waals surface area contributed by atoms with Gasteiger partial charge in [0.2, 0.25) is 5.78 Å². The average Bonchev–Trinajstić information content (AvgIpc) is 3.04. The summed E-state index contributed by atoms with van der Waals surface area (Å²) in [5.41, 5.74) is -0.947. The lowest BCUT2D eigenvalue weighted by molar-refractivity contribution is -0.200. The Hall–Kier alpha value is -1.66. The molecular weight excluding hydrogens is 408 g/mol. The van der Waals surface area contributed by atoms with Gasteiger partial charge < -0.3 is 19.7 Å². The Morgan fingerprint density at radius 3 is 2.66 bits per heavy atom. The number of hydrogen-bond acceptors (Lipinski definition) is 6. The maximum absolute atomic E-state index is 13.1. The number of Topliss-reactive ketones (excluding diaryl/α,β-unsaturated/α-hetero) is 1. The van der Waals surface area contributed by atoms with Crippen molar-refractivity contribution in [3.63, 3.8) is 0 Å². The van der Waals surface area contributed by atoms with Crippen LogP contribution in [-0.2, 0) is 19.1 Å². The summed E-state index contributed by atoms with van der Waals surface area (Å²) in [4.78, 5) is 25.7. The number of methoxy groups -OCH3 is 1. The highest BCUT2D eigenvalue weighted by Crippen LogP contribution is 2.67. The number of aliphatic hydroxyl groups is 2. The zero-order valence-corrected chi connectivity index (χ0v) is 19.9. The third-order valence-corrected chi connectivity index (χ3v) is 9.38. The van der Waals surface area contributed by atoms with Crippen molar-refractivity contribution in [1.82, 2.24) is 0 Å². The van der Waals surface area contributed by atoms with Crippen LogP contribution in [0.2, 0.25) is 0 Å². The molecule has 4 aliphatic carbocycles. The molecule has 0 saturated heterocycles. The normalized spacial score (nSPS) is 42.7. The smallest absolute Gasteiger partial charge is 0.306 e. The maximum Gasteiger partial charge on any atom is 0.306 e. The van der Waals surface area contributed by atoms with Crippen molar-refractivity contribution in [3.05, 3.63) is 23.5 Å². The van der Waals surface area contributed by atoms with Crippen LogP contribution in [-0.4, -0.2) is 47.4 Å². The van der Waals surface area contributed by atoms with Gasteiger partial charge in [0.25, 0.3) is 0 Å². The highest BCUT2D eigenvalue weighted by molar-refractivity contribution is 5.92. The Morgan fingerprint density at radius 2 is 2.00 bits per heavy atom. The van der Waals surface area contributed by atoms with E-state index >= 15 is 0 Å². The van der Waals surface area contributed by atoms with Crippen LogP contribution in [0.15, 0.2) is 23.5 Å². The van der Waals surface area contributed by atoms with E-state index in [0.29, 0.717) is 19.3 Å². The van der Waals surface area contributed by atoms with E-state index < -0.39 is 35.5 Å². The minimum atomic E-state index is -1.36. The van der Waals surface area contributed by atoms with E-state index in [1.54, 1.807) is 7.11 Å². The van der Waals surface area contributed by atoms with E-state index in [-0.39, 0.29) is 29.6 Å². The molecule has 0 aromatic heterocycles. The minimum Gasteiger partial charge on any atom is -0.501 e. The Kier molecular flexibility index (Phi) is 6.08. The summed E-state index contributed by atoms with van der Waals surface area (Å²) in [5, 5.41) is 21.4. The molecule has 6 nitrogen and oxygen atoms in total. The first kappa shape index (κ1) is 23.5. The Bertz CT molecular complexity index is 845. The molecule has 0 aliphatic heterocycles. The van der Waals surface area contributed by atoms with Gasteiger partial charge in [0.15, 0.2) is 5.60 Å². The summed E-state index contributed by atoms with van der Waals surface area (Å²) in [6.45, 7) is 5.50. The van der Waals surface area contributed by atoms with Crippen molar-refractivity contribution in [2.75, 3.05) is 13.7 Å². The number of fused-ring (bicyclic) bond motifs is 5. The molecule has 178 valence electrons. The van der Waals surface area contributed by atoms with Gasteiger partial charge in [-0.15, -0.1) is 0 Å². The zero-order valence-electron chi connectivity index (χ0n) is 19.9. The van der Waals surface area contributed by atoms with Crippen molar-refractivity contribution in [1.29, 1.82) is 0 Å². The molecule has 0 spiro atoms. The minimum absolute atomic E-state index is 0.0848.